The normalized spacial score (nSPS) is 33.8. The summed E-state index contributed by atoms with van der Waals surface area (Å²) in [7, 11) is -1.03. The van der Waals surface area contributed by atoms with Crippen LogP contribution < -0.4 is 0 Å². The van der Waals surface area contributed by atoms with Gasteiger partial charge in [-0.15, -0.1) is 0 Å². The van der Waals surface area contributed by atoms with Gasteiger partial charge in [0.05, 0.1) is 0 Å². The maximum Gasteiger partial charge on any atom is 0.119 e. The van der Waals surface area contributed by atoms with Gasteiger partial charge >= 0.3 is 0 Å². The lowest BCUT2D eigenvalue weighted by Crippen LogP contribution is -2.54. The third kappa shape index (κ3) is 2.33. The number of piperidine rings is 1. The summed E-state index contributed by atoms with van der Waals surface area (Å²) in [6.45, 7) is 13.5. The van der Waals surface area contributed by atoms with Crippen LogP contribution in [0.3, 0.4) is 0 Å². The first kappa shape index (κ1) is 10.3. The predicted molar refractivity (Wildman–Crippen MR) is 57.9 cm³/mol. The van der Waals surface area contributed by atoms with Crippen LogP contribution in [0.2, 0.25) is 19.6 Å². The fourth-order valence-electron chi connectivity index (χ4n) is 2.22. The number of rotatable bonds is 1. The van der Waals surface area contributed by atoms with E-state index >= 15 is 0 Å². The minimum Gasteiger partial charge on any atom is -0.321 e. The molecule has 1 saturated heterocycles. The van der Waals surface area contributed by atoms with Crippen molar-refractivity contribution in [2.75, 3.05) is 6.54 Å². The summed E-state index contributed by atoms with van der Waals surface area (Å²) in [5.74, 6) is 0.924. The molecule has 12 heavy (non-hydrogen) atoms. The zero-order valence-corrected chi connectivity index (χ0v) is 10.2. The van der Waals surface area contributed by atoms with Gasteiger partial charge in [-0.2, -0.15) is 0 Å². The second kappa shape index (κ2) is 3.50. The Labute approximate surface area is 78.2 Å². The third-order valence-electron chi connectivity index (χ3n) is 2.98. The first-order valence-corrected chi connectivity index (χ1v) is 8.62. The van der Waals surface area contributed by atoms with E-state index in [1.165, 1.54) is 19.4 Å². The maximum atomic E-state index is 2.78. The molecule has 0 saturated carbocycles. The van der Waals surface area contributed by atoms with E-state index in [0.29, 0.717) is 0 Å². The number of hydrogen-bond acceptors (Lipinski definition) is 1. The van der Waals surface area contributed by atoms with Crippen molar-refractivity contribution in [3.05, 3.63) is 0 Å². The Balaban J connectivity index is 2.61. The average molecular weight is 185 g/mol. The minimum atomic E-state index is -1.03. The molecule has 2 unspecified atom stereocenters. The smallest absolute Gasteiger partial charge is 0.119 e. The van der Waals surface area contributed by atoms with Gasteiger partial charge in [0, 0.05) is 6.04 Å². The summed E-state index contributed by atoms with van der Waals surface area (Å²) in [5, 5.41) is 0. The van der Waals surface area contributed by atoms with Gasteiger partial charge in [-0.1, -0.05) is 33.5 Å². The predicted octanol–water partition coefficient (Wildman–Crippen LogP) is 2.94. The molecule has 0 aromatic carbocycles. The van der Waals surface area contributed by atoms with Gasteiger partial charge in [-0.25, -0.2) is 0 Å². The van der Waals surface area contributed by atoms with Crippen LogP contribution in [0, 0.1) is 5.92 Å². The molecule has 1 rings (SSSR count). The summed E-state index contributed by atoms with van der Waals surface area (Å²) >= 11 is 0. The van der Waals surface area contributed by atoms with Gasteiger partial charge in [0.2, 0.25) is 0 Å². The molecule has 0 spiro atoms. The van der Waals surface area contributed by atoms with Gasteiger partial charge in [0.15, 0.2) is 0 Å². The monoisotopic (exact) mass is 185 g/mol. The molecule has 0 amide bonds. The van der Waals surface area contributed by atoms with Crippen molar-refractivity contribution >= 4 is 8.24 Å². The topological polar surface area (TPSA) is 3.24 Å². The summed E-state index contributed by atoms with van der Waals surface area (Å²) < 4.78 is 2.78. The standard InChI is InChI=1S/C10H23NSi/c1-9-6-7-10(2)11(8-9)12(3,4)5/h9-10H,6-8H2,1-5H3. The average Bonchev–Trinajstić information content (AvgIpc) is 1.92. The zero-order valence-electron chi connectivity index (χ0n) is 9.22. The van der Waals surface area contributed by atoms with Crippen LogP contribution in [0.25, 0.3) is 0 Å². The molecule has 0 aromatic heterocycles. The first-order chi connectivity index (χ1) is 5.41. The van der Waals surface area contributed by atoms with Crippen LogP contribution in [-0.4, -0.2) is 25.4 Å². The molecule has 1 fully saturated rings. The minimum absolute atomic E-state index is 0.841. The van der Waals surface area contributed by atoms with Gasteiger partial charge in [-0.3, -0.25) is 0 Å². The Morgan fingerprint density at radius 1 is 1.08 bits per heavy atom. The van der Waals surface area contributed by atoms with Crippen LogP contribution >= 0.6 is 0 Å². The number of nitrogens with zero attached hydrogens (tertiary/aromatic N) is 1. The van der Waals surface area contributed by atoms with Gasteiger partial charge in [0.1, 0.15) is 8.24 Å². The highest BCUT2D eigenvalue weighted by Gasteiger charge is 2.32. The van der Waals surface area contributed by atoms with Gasteiger partial charge < -0.3 is 4.57 Å². The summed E-state index contributed by atoms with van der Waals surface area (Å²) in [6, 6.07) is 0.841. The van der Waals surface area contributed by atoms with Crippen molar-refractivity contribution in [2.45, 2.75) is 52.4 Å². The van der Waals surface area contributed by atoms with Crippen molar-refractivity contribution in [3.8, 4) is 0 Å². The van der Waals surface area contributed by atoms with Crippen LogP contribution in [0.4, 0.5) is 0 Å². The van der Waals surface area contributed by atoms with Crippen LogP contribution in [0.15, 0.2) is 0 Å². The first-order valence-electron chi connectivity index (χ1n) is 5.18. The second-order valence-corrected chi connectivity index (χ2v) is 10.3. The van der Waals surface area contributed by atoms with Crippen molar-refractivity contribution < 1.29 is 0 Å². The highest BCUT2D eigenvalue weighted by Crippen LogP contribution is 2.26. The second-order valence-electron chi connectivity index (χ2n) is 5.35. The highest BCUT2D eigenvalue weighted by molar-refractivity contribution is 6.73. The van der Waals surface area contributed by atoms with E-state index in [1.54, 1.807) is 0 Å². The molecular weight excluding hydrogens is 162 g/mol. The molecule has 0 bridgehead atoms. The molecule has 0 N–H and O–H groups in total. The van der Waals surface area contributed by atoms with E-state index in [1.807, 2.05) is 0 Å². The summed E-state index contributed by atoms with van der Waals surface area (Å²) in [4.78, 5) is 0. The van der Waals surface area contributed by atoms with Gasteiger partial charge in [-0.05, 0) is 25.3 Å². The Bertz CT molecular complexity index is 150. The molecular formula is C10H23NSi. The molecule has 2 atom stereocenters. The summed E-state index contributed by atoms with van der Waals surface area (Å²) in [5.41, 5.74) is 0. The molecule has 0 aliphatic carbocycles. The fraction of sp³-hybridized carbons (Fsp3) is 1.00. The molecule has 0 radical (unpaired) electrons. The molecule has 2 heteroatoms. The molecule has 72 valence electrons. The molecule has 0 aromatic rings. The Hall–Kier alpha value is 0.177. The SMILES string of the molecule is CC1CCC(C)N([Si](C)(C)C)C1. The van der Waals surface area contributed by atoms with Crippen molar-refractivity contribution in [1.82, 2.24) is 4.57 Å². The van der Waals surface area contributed by atoms with E-state index in [4.69, 9.17) is 0 Å². The molecule has 1 aliphatic rings. The lowest BCUT2D eigenvalue weighted by atomic mass is 9.97. The van der Waals surface area contributed by atoms with E-state index in [9.17, 15) is 0 Å². The van der Waals surface area contributed by atoms with Gasteiger partial charge in [0.25, 0.3) is 0 Å². The molecule has 1 aliphatic heterocycles. The highest BCUT2D eigenvalue weighted by atomic mass is 28.3. The van der Waals surface area contributed by atoms with Crippen LogP contribution in [-0.2, 0) is 0 Å². The van der Waals surface area contributed by atoms with Crippen LogP contribution in [0.1, 0.15) is 26.7 Å². The quantitative estimate of drug-likeness (QED) is 0.568. The largest absolute Gasteiger partial charge is 0.321 e. The molecule has 1 heterocycles. The Morgan fingerprint density at radius 3 is 2.08 bits per heavy atom. The van der Waals surface area contributed by atoms with Crippen molar-refractivity contribution in [2.24, 2.45) is 5.92 Å². The van der Waals surface area contributed by atoms with Crippen LogP contribution in [0.5, 0.6) is 0 Å². The third-order valence-corrected chi connectivity index (χ3v) is 5.33. The van der Waals surface area contributed by atoms with E-state index in [0.717, 1.165) is 12.0 Å². The molecule has 1 nitrogen and oxygen atoms in total. The van der Waals surface area contributed by atoms with E-state index in [2.05, 4.69) is 38.1 Å². The fourth-order valence-corrected chi connectivity index (χ4v) is 4.53. The van der Waals surface area contributed by atoms with Crippen molar-refractivity contribution in [3.63, 3.8) is 0 Å². The maximum absolute atomic E-state index is 2.78. The van der Waals surface area contributed by atoms with E-state index in [-0.39, 0.29) is 0 Å². The van der Waals surface area contributed by atoms with Crippen molar-refractivity contribution in [1.29, 1.82) is 0 Å². The lowest BCUT2D eigenvalue weighted by molar-refractivity contribution is 0.210. The lowest BCUT2D eigenvalue weighted by Gasteiger charge is -2.44. The zero-order chi connectivity index (χ0) is 9.35. The van der Waals surface area contributed by atoms with E-state index < -0.39 is 8.24 Å². The Morgan fingerprint density at radius 2 is 1.67 bits per heavy atom. The number of hydrogen-bond donors (Lipinski definition) is 0. The summed E-state index contributed by atoms with van der Waals surface area (Å²) in [6.07, 6.45) is 2.84. The Kier molecular flexibility index (Phi) is 3.00.